The molecule has 0 spiro atoms. The molecule has 1 saturated heterocycles. The highest BCUT2D eigenvalue weighted by atomic mass is 19.1. The molecule has 1 fully saturated rings. The van der Waals surface area contributed by atoms with Crippen molar-refractivity contribution in [3.05, 3.63) is 29.3 Å². The van der Waals surface area contributed by atoms with Gasteiger partial charge in [-0.2, -0.15) is 0 Å². The topological polar surface area (TPSA) is 24.5 Å². The van der Waals surface area contributed by atoms with Gasteiger partial charge in [0.25, 0.3) is 0 Å². The van der Waals surface area contributed by atoms with Crippen LogP contribution in [0.3, 0.4) is 0 Å². The average Bonchev–Trinajstić information content (AvgIpc) is 2.40. The molecule has 0 aromatic heterocycles. The first-order valence-corrected chi connectivity index (χ1v) is 6.15. The molecule has 0 saturated carbocycles. The Kier molecular flexibility index (Phi) is 4.49. The number of hydrogen-bond acceptors (Lipinski definition) is 3. The molecule has 0 amide bonds. The molecule has 0 aliphatic carbocycles. The second-order valence-electron chi connectivity index (χ2n) is 4.42. The van der Waals surface area contributed by atoms with Gasteiger partial charge in [-0.1, -0.05) is 0 Å². The first kappa shape index (κ1) is 13.2. The number of nitrogens with one attached hydrogen (secondary N) is 1. The standard InChI is InChI=1S/C13H18F2N2O/c1-18-12-9-11(14)8-10(13(12)15)2-5-17-6-3-16-4-7-17/h8-9,16H,2-7H2,1H3. The molecular weight excluding hydrogens is 238 g/mol. The van der Waals surface area contributed by atoms with Crippen molar-refractivity contribution >= 4 is 0 Å². The summed E-state index contributed by atoms with van der Waals surface area (Å²) in [5.74, 6) is -0.928. The molecule has 1 N–H and O–H groups in total. The van der Waals surface area contributed by atoms with Crippen molar-refractivity contribution in [2.75, 3.05) is 39.8 Å². The third-order valence-corrected chi connectivity index (χ3v) is 3.21. The summed E-state index contributed by atoms with van der Waals surface area (Å²) in [7, 11) is 1.35. The van der Waals surface area contributed by atoms with Gasteiger partial charge in [-0.3, -0.25) is 0 Å². The Bertz CT molecular complexity index is 406. The van der Waals surface area contributed by atoms with Gasteiger partial charge in [0.2, 0.25) is 0 Å². The minimum absolute atomic E-state index is 0.0229. The van der Waals surface area contributed by atoms with Crippen LogP contribution in [0.1, 0.15) is 5.56 Å². The highest BCUT2D eigenvalue weighted by molar-refractivity contribution is 5.32. The Morgan fingerprint density at radius 1 is 1.28 bits per heavy atom. The molecule has 0 atom stereocenters. The third kappa shape index (κ3) is 3.17. The lowest BCUT2D eigenvalue weighted by Gasteiger charge is -2.27. The van der Waals surface area contributed by atoms with E-state index >= 15 is 0 Å². The van der Waals surface area contributed by atoms with Crippen LogP contribution in [0.5, 0.6) is 5.75 Å². The molecule has 1 heterocycles. The SMILES string of the molecule is COc1cc(F)cc(CCN2CCNCC2)c1F. The van der Waals surface area contributed by atoms with Crippen LogP contribution in [0.15, 0.2) is 12.1 Å². The Balaban J connectivity index is 2.01. The summed E-state index contributed by atoms with van der Waals surface area (Å²) in [4.78, 5) is 2.24. The number of rotatable bonds is 4. The maximum atomic E-state index is 13.9. The molecule has 100 valence electrons. The Morgan fingerprint density at radius 3 is 2.67 bits per heavy atom. The molecule has 1 aliphatic heterocycles. The first-order valence-electron chi connectivity index (χ1n) is 6.15. The molecule has 0 unspecified atom stereocenters. The first-order chi connectivity index (χ1) is 8.70. The summed E-state index contributed by atoms with van der Waals surface area (Å²) in [6, 6.07) is 2.32. The molecule has 3 nitrogen and oxygen atoms in total. The van der Waals surface area contributed by atoms with E-state index in [-0.39, 0.29) is 5.75 Å². The quantitative estimate of drug-likeness (QED) is 0.882. The third-order valence-electron chi connectivity index (χ3n) is 3.21. The van der Waals surface area contributed by atoms with Gasteiger partial charge >= 0.3 is 0 Å². The molecule has 18 heavy (non-hydrogen) atoms. The van der Waals surface area contributed by atoms with Crippen molar-refractivity contribution in [1.82, 2.24) is 10.2 Å². The number of methoxy groups -OCH3 is 1. The van der Waals surface area contributed by atoms with Gasteiger partial charge in [0.1, 0.15) is 5.82 Å². The largest absolute Gasteiger partial charge is 0.494 e. The van der Waals surface area contributed by atoms with E-state index in [0.717, 1.165) is 38.8 Å². The lowest BCUT2D eigenvalue weighted by atomic mass is 10.1. The van der Waals surface area contributed by atoms with E-state index in [4.69, 9.17) is 4.74 Å². The van der Waals surface area contributed by atoms with Crippen molar-refractivity contribution < 1.29 is 13.5 Å². The number of piperazine rings is 1. The monoisotopic (exact) mass is 256 g/mol. The summed E-state index contributed by atoms with van der Waals surface area (Å²) in [5.41, 5.74) is 0.380. The highest BCUT2D eigenvalue weighted by Crippen LogP contribution is 2.22. The molecule has 1 aliphatic rings. The van der Waals surface area contributed by atoms with E-state index in [2.05, 4.69) is 10.2 Å². The van der Waals surface area contributed by atoms with Crippen molar-refractivity contribution in [3.63, 3.8) is 0 Å². The Hall–Kier alpha value is -1.20. The zero-order chi connectivity index (χ0) is 13.0. The number of halogens is 2. The molecule has 1 aromatic carbocycles. The summed E-state index contributed by atoms with van der Waals surface area (Å²) in [6.07, 6.45) is 0.500. The van der Waals surface area contributed by atoms with Crippen LogP contribution in [-0.4, -0.2) is 44.7 Å². The summed E-state index contributed by atoms with van der Waals surface area (Å²) < 4.78 is 32.0. The lowest BCUT2D eigenvalue weighted by Crippen LogP contribution is -2.44. The molecule has 1 aromatic rings. The summed E-state index contributed by atoms with van der Waals surface area (Å²) in [5, 5.41) is 3.26. The van der Waals surface area contributed by atoms with E-state index in [1.54, 1.807) is 0 Å². The molecular formula is C13H18F2N2O. The van der Waals surface area contributed by atoms with Crippen LogP contribution < -0.4 is 10.1 Å². The summed E-state index contributed by atoms with van der Waals surface area (Å²) >= 11 is 0. The van der Waals surface area contributed by atoms with Gasteiger partial charge in [-0.15, -0.1) is 0 Å². The number of ether oxygens (including phenoxy) is 1. The molecule has 0 bridgehead atoms. The van der Waals surface area contributed by atoms with Gasteiger partial charge in [0.05, 0.1) is 7.11 Å². The minimum atomic E-state index is -0.455. The smallest absolute Gasteiger partial charge is 0.168 e. The van der Waals surface area contributed by atoms with E-state index in [1.165, 1.54) is 13.2 Å². The molecule has 0 radical (unpaired) electrons. The van der Waals surface area contributed by atoms with Crippen LogP contribution in [0.2, 0.25) is 0 Å². The fourth-order valence-corrected chi connectivity index (χ4v) is 2.16. The highest BCUT2D eigenvalue weighted by Gasteiger charge is 2.14. The van der Waals surface area contributed by atoms with Gasteiger partial charge in [0.15, 0.2) is 11.6 Å². The van der Waals surface area contributed by atoms with E-state index in [1.807, 2.05) is 0 Å². The van der Waals surface area contributed by atoms with Gasteiger partial charge in [-0.25, -0.2) is 8.78 Å². The second kappa shape index (κ2) is 6.11. The molecule has 2 rings (SSSR count). The predicted octanol–water partition coefficient (Wildman–Crippen LogP) is 1.42. The summed E-state index contributed by atoms with van der Waals surface area (Å²) in [6.45, 7) is 4.55. The number of hydrogen-bond donors (Lipinski definition) is 1. The minimum Gasteiger partial charge on any atom is -0.494 e. The van der Waals surface area contributed by atoms with Crippen molar-refractivity contribution in [2.45, 2.75) is 6.42 Å². The van der Waals surface area contributed by atoms with E-state index < -0.39 is 11.6 Å². The van der Waals surface area contributed by atoms with Crippen LogP contribution >= 0.6 is 0 Å². The predicted molar refractivity (Wildman–Crippen MR) is 65.9 cm³/mol. The molecule has 5 heteroatoms. The Labute approximate surface area is 106 Å². The lowest BCUT2D eigenvalue weighted by molar-refractivity contribution is 0.242. The van der Waals surface area contributed by atoms with E-state index in [0.29, 0.717) is 12.0 Å². The zero-order valence-corrected chi connectivity index (χ0v) is 10.5. The van der Waals surface area contributed by atoms with Crippen molar-refractivity contribution in [2.24, 2.45) is 0 Å². The van der Waals surface area contributed by atoms with Crippen LogP contribution in [0.4, 0.5) is 8.78 Å². The number of nitrogens with zero attached hydrogens (tertiary/aromatic N) is 1. The van der Waals surface area contributed by atoms with Crippen molar-refractivity contribution in [3.8, 4) is 5.75 Å². The van der Waals surface area contributed by atoms with Gasteiger partial charge in [-0.05, 0) is 18.1 Å². The van der Waals surface area contributed by atoms with Gasteiger partial charge < -0.3 is 15.0 Å². The normalized spacial score (nSPS) is 16.8. The van der Waals surface area contributed by atoms with Crippen LogP contribution in [0.25, 0.3) is 0 Å². The van der Waals surface area contributed by atoms with E-state index in [9.17, 15) is 8.78 Å². The zero-order valence-electron chi connectivity index (χ0n) is 10.5. The van der Waals surface area contributed by atoms with Gasteiger partial charge in [0, 0.05) is 38.8 Å². The fraction of sp³-hybridized carbons (Fsp3) is 0.538. The average molecular weight is 256 g/mol. The Morgan fingerprint density at radius 2 is 2.00 bits per heavy atom. The van der Waals surface area contributed by atoms with Crippen LogP contribution in [-0.2, 0) is 6.42 Å². The maximum Gasteiger partial charge on any atom is 0.168 e. The van der Waals surface area contributed by atoms with Crippen LogP contribution in [0, 0.1) is 11.6 Å². The van der Waals surface area contributed by atoms with Crippen molar-refractivity contribution in [1.29, 1.82) is 0 Å². The maximum absolute atomic E-state index is 13.9. The second-order valence-corrected chi connectivity index (χ2v) is 4.42. The fourth-order valence-electron chi connectivity index (χ4n) is 2.16. The number of benzene rings is 1.